The molecule has 0 fully saturated rings. The van der Waals surface area contributed by atoms with E-state index in [4.69, 9.17) is 5.11 Å². The van der Waals surface area contributed by atoms with Crippen molar-refractivity contribution < 1.29 is 23.4 Å². The Balaban J connectivity index is 2.19. The lowest BCUT2D eigenvalue weighted by atomic mass is 10.2. The largest absolute Gasteiger partial charge is 0.504 e. The Bertz CT molecular complexity index is 767. The third kappa shape index (κ3) is 3.06. The highest BCUT2D eigenvalue weighted by Gasteiger charge is 2.15. The van der Waals surface area contributed by atoms with Gasteiger partial charge in [-0.15, -0.1) is 11.3 Å². The van der Waals surface area contributed by atoms with Crippen molar-refractivity contribution in [2.24, 2.45) is 0 Å². The van der Waals surface area contributed by atoms with Gasteiger partial charge >= 0.3 is 0 Å². The molecule has 0 aliphatic rings. The van der Waals surface area contributed by atoms with Crippen LogP contribution in [-0.2, 0) is 9.84 Å². The number of hydrogen-bond acceptors (Lipinski definition) is 7. The number of nitrogens with zero attached hydrogens (tertiary/aromatic N) is 1. The molecule has 1 aromatic carbocycles. The zero-order chi connectivity index (χ0) is 14.9. The van der Waals surface area contributed by atoms with Crippen molar-refractivity contribution in [2.45, 2.75) is 5.03 Å². The minimum atomic E-state index is -3.42. The van der Waals surface area contributed by atoms with E-state index in [0.717, 1.165) is 23.7 Å². The molecule has 0 radical (unpaired) electrons. The molecule has 106 valence electrons. The predicted molar refractivity (Wildman–Crippen MR) is 72.9 cm³/mol. The van der Waals surface area contributed by atoms with Crippen molar-refractivity contribution in [3.63, 3.8) is 0 Å². The van der Waals surface area contributed by atoms with Crippen LogP contribution in [0.4, 0.5) is 5.13 Å². The first kappa shape index (κ1) is 14.3. The van der Waals surface area contributed by atoms with E-state index < -0.39 is 21.5 Å². The van der Waals surface area contributed by atoms with E-state index in [1.165, 1.54) is 17.5 Å². The molecule has 0 aliphatic heterocycles. The summed E-state index contributed by atoms with van der Waals surface area (Å²) in [7, 11) is -3.42. The molecule has 1 amide bonds. The minimum Gasteiger partial charge on any atom is -0.504 e. The molecule has 20 heavy (non-hydrogen) atoms. The highest BCUT2D eigenvalue weighted by Crippen LogP contribution is 2.26. The fourth-order valence-electron chi connectivity index (χ4n) is 1.32. The second-order valence-corrected chi connectivity index (χ2v) is 6.74. The van der Waals surface area contributed by atoms with Crippen molar-refractivity contribution >= 4 is 32.2 Å². The van der Waals surface area contributed by atoms with Gasteiger partial charge in [0.15, 0.2) is 31.5 Å². The maximum atomic E-state index is 11.8. The first-order valence-electron chi connectivity index (χ1n) is 5.26. The Hall–Kier alpha value is -2.13. The standard InChI is InChI=1S/C11H10N2O5S2/c1-20(17,18)9-5-19-11(12-9)13-10(16)6-2-3-7(14)8(15)4-6/h2-5,14-15H,1H3,(H,12,13,16). The molecule has 1 heterocycles. The average molecular weight is 314 g/mol. The number of carbonyl (C=O) groups is 1. The number of aromatic hydroxyl groups is 2. The third-order valence-electron chi connectivity index (χ3n) is 2.32. The number of anilines is 1. The molecular weight excluding hydrogens is 304 g/mol. The highest BCUT2D eigenvalue weighted by atomic mass is 32.2. The summed E-state index contributed by atoms with van der Waals surface area (Å²) >= 11 is 0.973. The third-order valence-corrected chi connectivity index (χ3v) is 4.20. The van der Waals surface area contributed by atoms with Gasteiger partial charge in [0.1, 0.15) is 0 Å². The summed E-state index contributed by atoms with van der Waals surface area (Å²) in [6.07, 6.45) is 1.02. The first-order chi connectivity index (χ1) is 9.27. The summed E-state index contributed by atoms with van der Waals surface area (Å²) in [5.41, 5.74) is 0.108. The number of aromatic nitrogens is 1. The molecule has 9 heteroatoms. The van der Waals surface area contributed by atoms with Crippen molar-refractivity contribution in [2.75, 3.05) is 11.6 Å². The van der Waals surface area contributed by atoms with Gasteiger partial charge in [-0.1, -0.05) is 0 Å². The maximum absolute atomic E-state index is 11.8. The molecule has 0 saturated heterocycles. The Morgan fingerprint density at radius 3 is 2.55 bits per heavy atom. The molecule has 0 aliphatic carbocycles. The monoisotopic (exact) mass is 314 g/mol. The number of rotatable bonds is 3. The van der Waals surface area contributed by atoms with E-state index in [2.05, 4.69) is 10.3 Å². The average Bonchev–Trinajstić information content (AvgIpc) is 2.81. The fraction of sp³-hybridized carbons (Fsp3) is 0.0909. The van der Waals surface area contributed by atoms with Crippen LogP contribution in [0.15, 0.2) is 28.6 Å². The van der Waals surface area contributed by atoms with Crippen LogP contribution in [0.25, 0.3) is 0 Å². The van der Waals surface area contributed by atoms with Crippen LogP contribution in [-0.4, -0.2) is 35.8 Å². The lowest BCUT2D eigenvalue weighted by molar-refractivity contribution is 0.102. The van der Waals surface area contributed by atoms with E-state index in [1.54, 1.807) is 0 Å². The predicted octanol–water partition coefficient (Wildman–Crippen LogP) is 1.21. The zero-order valence-electron chi connectivity index (χ0n) is 10.2. The maximum Gasteiger partial charge on any atom is 0.257 e. The quantitative estimate of drug-likeness (QED) is 0.733. The number of benzene rings is 1. The summed E-state index contributed by atoms with van der Waals surface area (Å²) in [6.45, 7) is 0. The van der Waals surface area contributed by atoms with Gasteiger partial charge in [0.25, 0.3) is 5.91 Å². The zero-order valence-corrected chi connectivity index (χ0v) is 11.8. The topological polar surface area (TPSA) is 117 Å². The molecule has 2 rings (SSSR count). The molecule has 2 aromatic rings. The number of sulfone groups is 1. The van der Waals surface area contributed by atoms with Crippen LogP contribution >= 0.6 is 11.3 Å². The van der Waals surface area contributed by atoms with Crippen LogP contribution in [0.5, 0.6) is 11.5 Å². The van der Waals surface area contributed by atoms with E-state index in [9.17, 15) is 18.3 Å². The van der Waals surface area contributed by atoms with Gasteiger partial charge in [-0.3, -0.25) is 10.1 Å². The summed E-state index contributed by atoms with van der Waals surface area (Å²) in [4.78, 5) is 15.6. The van der Waals surface area contributed by atoms with E-state index in [0.29, 0.717) is 0 Å². The van der Waals surface area contributed by atoms with Gasteiger partial charge in [0, 0.05) is 17.2 Å². The summed E-state index contributed by atoms with van der Waals surface area (Å²) in [6, 6.07) is 3.58. The second-order valence-electron chi connectivity index (χ2n) is 3.92. The molecule has 0 atom stereocenters. The molecule has 3 N–H and O–H groups in total. The Morgan fingerprint density at radius 2 is 2.00 bits per heavy atom. The van der Waals surface area contributed by atoms with Crippen molar-refractivity contribution in [1.82, 2.24) is 4.98 Å². The van der Waals surface area contributed by atoms with Crippen LogP contribution in [0.1, 0.15) is 10.4 Å². The number of amides is 1. The SMILES string of the molecule is CS(=O)(=O)c1csc(NC(=O)c2ccc(O)c(O)c2)n1. The van der Waals surface area contributed by atoms with Crippen LogP contribution in [0, 0.1) is 0 Å². The van der Waals surface area contributed by atoms with Gasteiger partial charge < -0.3 is 10.2 Å². The molecule has 0 bridgehead atoms. The summed E-state index contributed by atoms with van der Waals surface area (Å²) < 4.78 is 22.5. The number of hydrogen-bond donors (Lipinski definition) is 3. The minimum absolute atomic E-state index is 0.108. The summed E-state index contributed by atoms with van der Waals surface area (Å²) in [5, 5.41) is 22.2. The number of phenols is 2. The van der Waals surface area contributed by atoms with Crippen LogP contribution in [0.2, 0.25) is 0 Å². The Kier molecular flexibility index (Phi) is 3.64. The van der Waals surface area contributed by atoms with Gasteiger partial charge in [-0.2, -0.15) is 0 Å². The normalized spacial score (nSPS) is 11.2. The van der Waals surface area contributed by atoms with E-state index in [-0.39, 0.29) is 21.5 Å². The van der Waals surface area contributed by atoms with Gasteiger partial charge in [0.05, 0.1) is 0 Å². The molecule has 0 spiro atoms. The first-order valence-corrected chi connectivity index (χ1v) is 8.03. The second kappa shape index (κ2) is 5.10. The molecule has 7 nitrogen and oxygen atoms in total. The van der Waals surface area contributed by atoms with Crippen molar-refractivity contribution in [3.8, 4) is 11.5 Å². The van der Waals surface area contributed by atoms with Crippen molar-refractivity contribution in [3.05, 3.63) is 29.1 Å². The highest BCUT2D eigenvalue weighted by molar-refractivity contribution is 7.90. The molecule has 0 saturated carbocycles. The lowest BCUT2D eigenvalue weighted by Crippen LogP contribution is -2.11. The lowest BCUT2D eigenvalue weighted by Gasteiger charge is -2.03. The van der Waals surface area contributed by atoms with Gasteiger partial charge in [-0.25, -0.2) is 13.4 Å². The molecule has 0 unspecified atom stereocenters. The smallest absolute Gasteiger partial charge is 0.257 e. The molecular formula is C11H10N2O5S2. The van der Waals surface area contributed by atoms with Gasteiger partial charge in [0.2, 0.25) is 0 Å². The number of phenolic OH excluding ortho intramolecular Hbond substituents is 2. The Labute approximate surface area is 118 Å². The van der Waals surface area contributed by atoms with Crippen LogP contribution in [0.3, 0.4) is 0 Å². The Morgan fingerprint density at radius 1 is 1.30 bits per heavy atom. The van der Waals surface area contributed by atoms with Gasteiger partial charge in [-0.05, 0) is 18.2 Å². The summed E-state index contributed by atoms with van der Waals surface area (Å²) in [5.74, 6) is -1.33. The van der Waals surface area contributed by atoms with E-state index >= 15 is 0 Å². The van der Waals surface area contributed by atoms with E-state index in [1.807, 2.05) is 0 Å². The van der Waals surface area contributed by atoms with Crippen LogP contribution < -0.4 is 5.32 Å². The number of thiazole rings is 1. The fourth-order valence-corrected chi connectivity index (χ4v) is 3.05. The number of nitrogens with one attached hydrogen (secondary N) is 1. The molecule has 1 aromatic heterocycles. The number of carbonyl (C=O) groups excluding carboxylic acids is 1. The van der Waals surface area contributed by atoms with Crippen molar-refractivity contribution in [1.29, 1.82) is 0 Å².